The van der Waals surface area contributed by atoms with Gasteiger partial charge in [0.1, 0.15) is 11.5 Å². The number of carbonyl (C=O) groups is 2. The second-order valence-corrected chi connectivity index (χ2v) is 6.40. The molecule has 0 aliphatic rings. The summed E-state index contributed by atoms with van der Waals surface area (Å²) >= 11 is 0. The second kappa shape index (κ2) is 11.0. The third-order valence-corrected chi connectivity index (χ3v) is 4.06. The summed E-state index contributed by atoms with van der Waals surface area (Å²) in [5.74, 6) is 0.851. The van der Waals surface area contributed by atoms with E-state index in [0.29, 0.717) is 41.5 Å². The molecule has 2 N–H and O–H groups in total. The fourth-order valence-electron chi connectivity index (χ4n) is 2.57. The van der Waals surface area contributed by atoms with Crippen molar-refractivity contribution in [1.29, 1.82) is 0 Å². The number of anilines is 2. The van der Waals surface area contributed by atoms with Crippen LogP contribution in [0, 0.1) is 0 Å². The Hall–Kier alpha value is -3.02. The third kappa shape index (κ3) is 6.30. The van der Waals surface area contributed by atoms with Crippen molar-refractivity contribution in [2.24, 2.45) is 0 Å². The van der Waals surface area contributed by atoms with Crippen LogP contribution in [0.25, 0.3) is 0 Å². The Morgan fingerprint density at radius 3 is 2.54 bits per heavy atom. The predicted molar refractivity (Wildman–Crippen MR) is 111 cm³/mol. The standard InChI is InChI=1S/C22H28N2O4/c1-4-6-10-21(25)24-19-12-11-17(15-20(19)27-3)23-22(26)16-8-7-9-18(14-16)28-13-5-2/h7-9,11-12,14-15H,4-6,10,13H2,1-3H3,(H,23,26)(H,24,25). The van der Waals surface area contributed by atoms with Gasteiger partial charge in [0.15, 0.2) is 0 Å². The van der Waals surface area contributed by atoms with Crippen LogP contribution >= 0.6 is 0 Å². The maximum Gasteiger partial charge on any atom is 0.255 e. The Morgan fingerprint density at radius 2 is 1.82 bits per heavy atom. The van der Waals surface area contributed by atoms with Crippen molar-refractivity contribution in [1.82, 2.24) is 0 Å². The highest BCUT2D eigenvalue weighted by atomic mass is 16.5. The molecule has 2 amide bonds. The Labute approximate surface area is 166 Å². The smallest absolute Gasteiger partial charge is 0.255 e. The van der Waals surface area contributed by atoms with E-state index in [0.717, 1.165) is 19.3 Å². The summed E-state index contributed by atoms with van der Waals surface area (Å²) in [6, 6.07) is 12.2. The lowest BCUT2D eigenvalue weighted by atomic mass is 10.2. The van der Waals surface area contributed by atoms with Gasteiger partial charge in [0.05, 0.1) is 19.4 Å². The minimum absolute atomic E-state index is 0.0548. The first-order valence-electron chi connectivity index (χ1n) is 9.59. The Morgan fingerprint density at radius 1 is 1.00 bits per heavy atom. The molecule has 6 heteroatoms. The first-order valence-corrected chi connectivity index (χ1v) is 9.59. The van der Waals surface area contributed by atoms with E-state index in [1.807, 2.05) is 19.9 Å². The van der Waals surface area contributed by atoms with Crippen LogP contribution < -0.4 is 20.1 Å². The average molecular weight is 384 g/mol. The molecule has 6 nitrogen and oxygen atoms in total. The highest BCUT2D eigenvalue weighted by molar-refractivity contribution is 6.05. The van der Waals surface area contributed by atoms with E-state index < -0.39 is 0 Å². The number of amides is 2. The van der Waals surface area contributed by atoms with Gasteiger partial charge in [0.2, 0.25) is 5.91 Å². The number of unbranched alkanes of at least 4 members (excludes halogenated alkanes) is 1. The van der Waals surface area contributed by atoms with Gasteiger partial charge in [-0.2, -0.15) is 0 Å². The molecule has 0 heterocycles. The molecule has 0 aliphatic heterocycles. The fourth-order valence-corrected chi connectivity index (χ4v) is 2.57. The van der Waals surface area contributed by atoms with Crippen LogP contribution in [0.4, 0.5) is 11.4 Å². The van der Waals surface area contributed by atoms with Gasteiger partial charge in [-0.3, -0.25) is 9.59 Å². The van der Waals surface area contributed by atoms with Gasteiger partial charge in [-0.1, -0.05) is 26.3 Å². The maximum absolute atomic E-state index is 12.5. The van der Waals surface area contributed by atoms with Gasteiger partial charge in [-0.15, -0.1) is 0 Å². The third-order valence-electron chi connectivity index (χ3n) is 4.06. The SMILES string of the molecule is CCCCC(=O)Nc1ccc(NC(=O)c2cccc(OCCC)c2)cc1OC. The van der Waals surface area contributed by atoms with Crippen LogP contribution in [-0.2, 0) is 4.79 Å². The van der Waals surface area contributed by atoms with Crippen molar-refractivity contribution in [2.45, 2.75) is 39.5 Å². The van der Waals surface area contributed by atoms with Gasteiger partial charge in [0.25, 0.3) is 5.91 Å². The summed E-state index contributed by atoms with van der Waals surface area (Å²) < 4.78 is 10.9. The molecule has 2 rings (SSSR count). The molecular formula is C22H28N2O4. The van der Waals surface area contributed by atoms with Crippen LogP contribution in [-0.4, -0.2) is 25.5 Å². The Balaban J connectivity index is 2.07. The molecule has 0 aromatic heterocycles. The fraction of sp³-hybridized carbons (Fsp3) is 0.364. The molecule has 0 saturated carbocycles. The van der Waals surface area contributed by atoms with Crippen molar-refractivity contribution in [2.75, 3.05) is 24.4 Å². The molecule has 28 heavy (non-hydrogen) atoms. The van der Waals surface area contributed by atoms with Crippen LogP contribution in [0.2, 0.25) is 0 Å². The molecule has 150 valence electrons. The van der Waals surface area contributed by atoms with Gasteiger partial charge in [-0.05, 0) is 43.2 Å². The summed E-state index contributed by atoms with van der Waals surface area (Å²) in [6.45, 7) is 4.67. The van der Waals surface area contributed by atoms with Crippen LogP contribution in [0.15, 0.2) is 42.5 Å². The number of hydrogen-bond donors (Lipinski definition) is 2. The topological polar surface area (TPSA) is 76.7 Å². The quantitative estimate of drug-likeness (QED) is 0.613. The van der Waals surface area contributed by atoms with Crippen LogP contribution in [0.1, 0.15) is 49.9 Å². The molecule has 0 bridgehead atoms. The Kier molecular flexibility index (Phi) is 8.34. The second-order valence-electron chi connectivity index (χ2n) is 6.40. The van der Waals surface area contributed by atoms with Gasteiger partial charge >= 0.3 is 0 Å². The lowest BCUT2D eigenvalue weighted by Gasteiger charge is -2.13. The number of nitrogens with one attached hydrogen (secondary N) is 2. The minimum Gasteiger partial charge on any atom is -0.494 e. The first kappa shape index (κ1) is 21.3. The molecule has 0 aliphatic carbocycles. The summed E-state index contributed by atoms with van der Waals surface area (Å²) in [7, 11) is 1.52. The van der Waals surface area contributed by atoms with Crippen molar-refractivity contribution >= 4 is 23.2 Å². The highest BCUT2D eigenvalue weighted by Crippen LogP contribution is 2.28. The zero-order chi connectivity index (χ0) is 20.4. The number of carbonyl (C=O) groups excluding carboxylic acids is 2. The molecule has 2 aromatic carbocycles. The van der Waals surface area contributed by atoms with Crippen LogP contribution in [0.3, 0.4) is 0 Å². The average Bonchev–Trinajstić information content (AvgIpc) is 2.71. The maximum atomic E-state index is 12.5. The molecule has 0 saturated heterocycles. The molecule has 0 unspecified atom stereocenters. The van der Waals surface area contributed by atoms with Crippen molar-refractivity contribution in [3.05, 3.63) is 48.0 Å². The van der Waals surface area contributed by atoms with E-state index in [-0.39, 0.29) is 11.8 Å². The normalized spacial score (nSPS) is 10.2. The van der Waals surface area contributed by atoms with Crippen molar-refractivity contribution in [3.8, 4) is 11.5 Å². The van der Waals surface area contributed by atoms with E-state index in [9.17, 15) is 9.59 Å². The number of benzene rings is 2. The summed E-state index contributed by atoms with van der Waals surface area (Å²) in [6.07, 6.45) is 3.16. The summed E-state index contributed by atoms with van der Waals surface area (Å²) in [5.41, 5.74) is 1.66. The number of rotatable bonds is 10. The molecular weight excluding hydrogens is 356 g/mol. The van der Waals surface area contributed by atoms with Gasteiger partial charge in [0, 0.05) is 23.7 Å². The summed E-state index contributed by atoms with van der Waals surface area (Å²) in [5, 5.41) is 5.69. The van der Waals surface area contributed by atoms with E-state index in [1.54, 1.807) is 36.4 Å². The Bertz CT molecular complexity index is 805. The van der Waals surface area contributed by atoms with E-state index in [2.05, 4.69) is 10.6 Å². The molecule has 0 fully saturated rings. The number of hydrogen-bond acceptors (Lipinski definition) is 4. The van der Waals surface area contributed by atoms with Crippen molar-refractivity contribution in [3.63, 3.8) is 0 Å². The number of methoxy groups -OCH3 is 1. The van der Waals surface area contributed by atoms with Gasteiger partial charge < -0.3 is 20.1 Å². The van der Waals surface area contributed by atoms with E-state index in [4.69, 9.17) is 9.47 Å². The van der Waals surface area contributed by atoms with E-state index in [1.165, 1.54) is 7.11 Å². The van der Waals surface area contributed by atoms with Crippen LogP contribution in [0.5, 0.6) is 11.5 Å². The van der Waals surface area contributed by atoms with Gasteiger partial charge in [-0.25, -0.2) is 0 Å². The molecule has 0 radical (unpaired) electrons. The molecule has 0 atom stereocenters. The molecule has 0 spiro atoms. The van der Waals surface area contributed by atoms with Crippen molar-refractivity contribution < 1.29 is 19.1 Å². The minimum atomic E-state index is -0.247. The lowest BCUT2D eigenvalue weighted by Crippen LogP contribution is -2.14. The first-order chi connectivity index (χ1) is 13.6. The zero-order valence-corrected chi connectivity index (χ0v) is 16.7. The highest BCUT2D eigenvalue weighted by Gasteiger charge is 2.11. The monoisotopic (exact) mass is 384 g/mol. The predicted octanol–water partition coefficient (Wildman–Crippen LogP) is 4.87. The number of ether oxygens (including phenoxy) is 2. The summed E-state index contributed by atoms with van der Waals surface area (Å²) in [4.78, 5) is 24.5. The largest absolute Gasteiger partial charge is 0.494 e. The molecule has 2 aromatic rings. The van der Waals surface area contributed by atoms with E-state index >= 15 is 0 Å². The zero-order valence-electron chi connectivity index (χ0n) is 16.7. The lowest BCUT2D eigenvalue weighted by molar-refractivity contribution is -0.116.